The number of ether oxygens (including phenoxy) is 3. The number of thiazole rings is 1. The number of carbonyl (C=O) groups is 1. The molecule has 4 rings (SSSR count). The average molecular weight is 436 g/mol. The average Bonchev–Trinajstić information content (AvgIpc) is 3.27. The molecule has 0 aliphatic rings. The standard InChI is InChI=1S/C24H21NO5S/c1-28-19-8-6-15-4-3-5-16(20(15)12-19)11-23(27)30-13-18-14-31-24(25-18)17-7-9-21(26)22(10-17)29-2/h3-10,12,14,26H,11,13H2,1-2H3. The maximum atomic E-state index is 12.5. The van der Waals surface area contributed by atoms with Gasteiger partial charge in [-0.05, 0) is 46.7 Å². The number of phenolic OH excluding ortho intramolecular Hbond substituents is 1. The fourth-order valence-electron chi connectivity index (χ4n) is 3.28. The summed E-state index contributed by atoms with van der Waals surface area (Å²) < 4.78 is 15.9. The van der Waals surface area contributed by atoms with Crippen LogP contribution in [0.4, 0.5) is 0 Å². The summed E-state index contributed by atoms with van der Waals surface area (Å²) in [6.45, 7) is 0.0959. The molecule has 0 saturated carbocycles. The number of nitrogens with zero attached hydrogens (tertiary/aromatic N) is 1. The molecule has 0 atom stereocenters. The van der Waals surface area contributed by atoms with E-state index in [-0.39, 0.29) is 24.7 Å². The number of methoxy groups -OCH3 is 2. The van der Waals surface area contributed by atoms with E-state index < -0.39 is 0 Å². The lowest BCUT2D eigenvalue weighted by Crippen LogP contribution is -2.08. The zero-order valence-electron chi connectivity index (χ0n) is 17.1. The molecule has 4 aromatic rings. The highest BCUT2D eigenvalue weighted by Gasteiger charge is 2.12. The van der Waals surface area contributed by atoms with E-state index in [9.17, 15) is 9.90 Å². The molecule has 1 N–H and O–H groups in total. The highest BCUT2D eigenvalue weighted by molar-refractivity contribution is 7.13. The zero-order chi connectivity index (χ0) is 21.8. The predicted molar refractivity (Wildman–Crippen MR) is 120 cm³/mol. The fraction of sp³-hybridized carbons (Fsp3) is 0.167. The third-order valence-corrected chi connectivity index (χ3v) is 5.81. The lowest BCUT2D eigenvalue weighted by molar-refractivity contribution is -0.144. The van der Waals surface area contributed by atoms with Gasteiger partial charge in [-0.15, -0.1) is 11.3 Å². The second kappa shape index (κ2) is 9.06. The summed E-state index contributed by atoms with van der Waals surface area (Å²) in [4.78, 5) is 17.0. The van der Waals surface area contributed by atoms with Gasteiger partial charge < -0.3 is 19.3 Å². The lowest BCUT2D eigenvalue weighted by Gasteiger charge is -2.08. The third-order valence-electron chi connectivity index (χ3n) is 4.87. The van der Waals surface area contributed by atoms with Crippen LogP contribution >= 0.6 is 11.3 Å². The number of fused-ring (bicyclic) bond motifs is 1. The van der Waals surface area contributed by atoms with Gasteiger partial charge in [0.25, 0.3) is 0 Å². The molecule has 0 aliphatic heterocycles. The van der Waals surface area contributed by atoms with Crippen LogP contribution in [0.1, 0.15) is 11.3 Å². The highest BCUT2D eigenvalue weighted by Crippen LogP contribution is 2.33. The van der Waals surface area contributed by atoms with Crippen LogP contribution in [0.5, 0.6) is 17.2 Å². The number of aromatic hydroxyl groups is 1. The van der Waals surface area contributed by atoms with Crippen molar-refractivity contribution in [3.63, 3.8) is 0 Å². The number of rotatable bonds is 7. The van der Waals surface area contributed by atoms with Crippen molar-refractivity contribution in [2.24, 2.45) is 0 Å². The number of aromatic nitrogens is 1. The first-order chi connectivity index (χ1) is 15.1. The van der Waals surface area contributed by atoms with E-state index in [0.29, 0.717) is 11.4 Å². The van der Waals surface area contributed by atoms with Crippen LogP contribution in [0.15, 0.2) is 60.0 Å². The Hall–Kier alpha value is -3.58. The molecule has 3 aromatic carbocycles. The van der Waals surface area contributed by atoms with Crippen LogP contribution < -0.4 is 9.47 Å². The summed E-state index contributed by atoms with van der Waals surface area (Å²) in [5.74, 6) is 0.876. The van der Waals surface area contributed by atoms with Crippen LogP contribution in [-0.4, -0.2) is 30.3 Å². The molecule has 6 nitrogen and oxygen atoms in total. The third kappa shape index (κ3) is 4.62. The van der Waals surface area contributed by atoms with E-state index >= 15 is 0 Å². The molecule has 0 amide bonds. The Morgan fingerprint density at radius 1 is 1.06 bits per heavy atom. The van der Waals surface area contributed by atoms with Crippen LogP contribution in [0.2, 0.25) is 0 Å². The summed E-state index contributed by atoms with van der Waals surface area (Å²) in [5, 5.41) is 14.4. The fourth-order valence-corrected chi connectivity index (χ4v) is 4.08. The molecular weight excluding hydrogens is 414 g/mol. The SMILES string of the molecule is COc1ccc2cccc(CC(=O)OCc3csc(-c4ccc(O)c(OC)c4)n3)c2c1. The molecule has 0 fully saturated rings. The molecule has 0 spiro atoms. The minimum Gasteiger partial charge on any atom is -0.504 e. The number of hydrogen-bond donors (Lipinski definition) is 1. The molecule has 0 bridgehead atoms. The first-order valence-electron chi connectivity index (χ1n) is 9.60. The normalized spacial score (nSPS) is 10.8. The Morgan fingerprint density at radius 3 is 2.74 bits per heavy atom. The second-order valence-electron chi connectivity index (χ2n) is 6.87. The van der Waals surface area contributed by atoms with E-state index in [4.69, 9.17) is 14.2 Å². The summed E-state index contributed by atoms with van der Waals surface area (Å²) in [6.07, 6.45) is 0.163. The van der Waals surface area contributed by atoms with Gasteiger partial charge >= 0.3 is 5.97 Å². The molecular formula is C24H21NO5S. The largest absolute Gasteiger partial charge is 0.504 e. The van der Waals surface area contributed by atoms with Crippen LogP contribution in [0.3, 0.4) is 0 Å². The van der Waals surface area contributed by atoms with Crippen LogP contribution in [0, 0.1) is 0 Å². The Morgan fingerprint density at radius 2 is 1.94 bits per heavy atom. The van der Waals surface area contributed by atoms with E-state index in [2.05, 4.69) is 4.98 Å². The van der Waals surface area contributed by atoms with E-state index in [1.165, 1.54) is 18.4 Å². The molecule has 7 heteroatoms. The Labute approximate surface area is 183 Å². The maximum absolute atomic E-state index is 12.5. The predicted octanol–water partition coefficient (Wildman–Crippen LogP) is 4.97. The van der Waals surface area contributed by atoms with Gasteiger partial charge in [0.15, 0.2) is 11.5 Å². The molecule has 1 aromatic heterocycles. The lowest BCUT2D eigenvalue weighted by atomic mass is 10.0. The minimum atomic E-state index is -0.323. The molecule has 0 aliphatic carbocycles. The van der Waals surface area contributed by atoms with E-state index in [1.807, 2.05) is 41.8 Å². The van der Waals surface area contributed by atoms with Crippen molar-refractivity contribution in [3.05, 3.63) is 71.2 Å². The van der Waals surface area contributed by atoms with Crippen molar-refractivity contribution in [2.45, 2.75) is 13.0 Å². The molecule has 0 saturated heterocycles. The van der Waals surface area contributed by atoms with Crippen molar-refractivity contribution in [1.82, 2.24) is 4.98 Å². The van der Waals surface area contributed by atoms with Crippen molar-refractivity contribution in [2.75, 3.05) is 14.2 Å². The van der Waals surface area contributed by atoms with Gasteiger partial charge in [-0.3, -0.25) is 4.79 Å². The Kier molecular flexibility index (Phi) is 6.04. The first kappa shape index (κ1) is 20.7. The first-order valence-corrected chi connectivity index (χ1v) is 10.5. The molecule has 31 heavy (non-hydrogen) atoms. The summed E-state index contributed by atoms with van der Waals surface area (Å²) in [6, 6.07) is 16.7. The van der Waals surface area contributed by atoms with Crippen molar-refractivity contribution < 1.29 is 24.1 Å². The van der Waals surface area contributed by atoms with E-state index in [0.717, 1.165) is 32.7 Å². The summed E-state index contributed by atoms with van der Waals surface area (Å²) in [5.41, 5.74) is 2.37. The quantitative estimate of drug-likeness (QED) is 0.413. The van der Waals surface area contributed by atoms with Crippen molar-refractivity contribution >= 4 is 28.1 Å². The molecule has 1 heterocycles. The maximum Gasteiger partial charge on any atom is 0.310 e. The Balaban J connectivity index is 1.43. The number of phenols is 1. The van der Waals surface area contributed by atoms with Crippen molar-refractivity contribution in [3.8, 4) is 27.8 Å². The van der Waals surface area contributed by atoms with Gasteiger partial charge in [0.1, 0.15) is 17.4 Å². The minimum absolute atomic E-state index is 0.0722. The van der Waals surface area contributed by atoms with Gasteiger partial charge in [-0.25, -0.2) is 4.98 Å². The molecule has 0 radical (unpaired) electrons. The summed E-state index contributed by atoms with van der Waals surface area (Å²) >= 11 is 1.44. The smallest absolute Gasteiger partial charge is 0.310 e. The van der Waals surface area contributed by atoms with Crippen LogP contribution in [-0.2, 0) is 22.6 Å². The van der Waals surface area contributed by atoms with Crippen molar-refractivity contribution in [1.29, 1.82) is 0 Å². The number of esters is 1. The van der Waals surface area contributed by atoms with Gasteiger partial charge in [-0.1, -0.05) is 24.3 Å². The monoisotopic (exact) mass is 435 g/mol. The molecule has 0 unspecified atom stereocenters. The highest BCUT2D eigenvalue weighted by atomic mass is 32.1. The van der Waals surface area contributed by atoms with Gasteiger partial charge in [-0.2, -0.15) is 0 Å². The Bertz CT molecular complexity index is 1230. The van der Waals surface area contributed by atoms with Gasteiger partial charge in [0.2, 0.25) is 0 Å². The molecule has 158 valence electrons. The number of benzene rings is 3. The van der Waals surface area contributed by atoms with Gasteiger partial charge in [0, 0.05) is 10.9 Å². The van der Waals surface area contributed by atoms with E-state index in [1.54, 1.807) is 25.3 Å². The van der Waals surface area contributed by atoms with Gasteiger partial charge in [0.05, 0.1) is 26.3 Å². The zero-order valence-corrected chi connectivity index (χ0v) is 17.9. The topological polar surface area (TPSA) is 77.9 Å². The number of hydrogen-bond acceptors (Lipinski definition) is 7. The number of carbonyl (C=O) groups excluding carboxylic acids is 1. The summed E-state index contributed by atoms with van der Waals surface area (Å²) in [7, 11) is 3.12. The van der Waals surface area contributed by atoms with Crippen LogP contribution in [0.25, 0.3) is 21.3 Å². The second-order valence-corrected chi connectivity index (χ2v) is 7.73.